The number of nitriles is 1. The van der Waals surface area contributed by atoms with Crippen molar-refractivity contribution in [3.05, 3.63) is 34.3 Å². The zero-order chi connectivity index (χ0) is 18.6. The minimum atomic E-state index is -2.66. The van der Waals surface area contributed by atoms with Crippen molar-refractivity contribution in [2.75, 3.05) is 0 Å². The van der Waals surface area contributed by atoms with Gasteiger partial charge in [0.1, 0.15) is 5.54 Å². The summed E-state index contributed by atoms with van der Waals surface area (Å²) in [4.78, 5) is 12.6. The molecule has 0 bridgehead atoms. The summed E-state index contributed by atoms with van der Waals surface area (Å²) in [6.45, 7) is 3.85. The Bertz CT molecular complexity index is 639. The Labute approximate surface area is 155 Å². The lowest BCUT2D eigenvalue weighted by Crippen LogP contribution is -2.50. The number of nitrogens with zero attached hydrogens (tertiary/aromatic N) is 1. The van der Waals surface area contributed by atoms with E-state index in [4.69, 9.17) is 5.26 Å². The first kappa shape index (κ1) is 19.8. The molecule has 1 fully saturated rings. The second kappa shape index (κ2) is 8.24. The highest BCUT2D eigenvalue weighted by atomic mass is 79.9. The van der Waals surface area contributed by atoms with Crippen LogP contribution in [0.4, 0.5) is 8.78 Å². The molecule has 0 aliphatic heterocycles. The number of alkyl halides is 2. The second-order valence-electron chi connectivity index (χ2n) is 6.90. The van der Waals surface area contributed by atoms with E-state index in [1.807, 2.05) is 13.8 Å². The minimum absolute atomic E-state index is 0.142. The second-order valence-corrected chi connectivity index (χ2v) is 7.81. The van der Waals surface area contributed by atoms with Gasteiger partial charge in [-0.05, 0) is 42.9 Å². The topological polar surface area (TPSA) is 64.9 Å². The number of amides is 1. The summed E-state index contributed by atoms with van der Waals surface area (Å²) < 4.78 is 28.0. The van der Waals surface area contributed by atoms with Crippen molar-refractivity contribution in [1.29, 1.82) is 5.26 Å². The van der Waals surface area contributed by atoms with E-state index >= 15 is 0 Å². The van der Waals surface area contributed by atoms with Crippen molar-refractivity contribution in [1.82, 2.24) is 10.6 Å². The van der Waals surface area contributed by atoms with Crippen LogP contribution in [0.1, 0.15) is 44.7 Å². The molecule has 1 unspecified atom stereocenters. The molecule has 2 atom stereocenters. The third kappa shape index (κ3) is 5.48. The Morgan fingerprint density at radius 2 is 1.92 bits per heavy atom. The summed E-state index contributed by atoms with van der Waals surface area (Å²) in [5.74, 6) is -0.251. The molecule has 0 saturated heterocycles. The van der Waals surface area contributed by atoms with Crippen molar-refractivity contribution in [3.63, 3.8) is 0 Å². The first-order chi connectivity index (χ1) is 11.8. The molecule has 136 valence electrons. The third-order valence-corrected chi connectivity index (χ3v) is 4.74. The minimum Gasteiger partial charge on any atom is -0.336 e. The molecule has 4 nitrogen and oxygen atoms in total. The predicted octanol–water partition coefficient (Wildman–Crippen LogP) is 3.93. The molecule has 1 aromatic rings. The van der Waals surface area contributed by atoms with Gasteiger partial charge in [-0.25, -0.2) is 8.78 Å². The number of hydrogen-bond acceptors (Lipinski definition) is 3. The van der Waals surface area contributed by atoms with E-state index in [1.54, 1.807) is 24.3 Å². The maximum atomic E-state index is 13.6. The van der Waals surface area contributed by atoms with Crippen molar-refractivity contribution < 1.29 is 13.6 Å². The first-order valence-corrected chi connectivity index (χ1v) is 9.08. The van der Waals surface area contributed by atoms with Gasteiger partial charge in [-0.3, -0.25) is 10.1 Å². The van der Waals surface area contributed by atoms with Gasteiger partial charge in [-0.1, -0.05) is 41.9 Å². The SMILES string of the molecule is CC(C)CC(N[C@@H](c1ccc(Br)cc1)C(F)F)C(=O)NC1(C#N)CC1. The lowest BCUT2D eigenvalue weighted by atomic mass is 9.99. The molecule has 0 aromatic heterocycles. The molecular formula is C18H22BrF2N3O. The van der Waals surface area contributed by atoms with Crippen LogP contribution in [0, 0.1) is 17.2 Å². The van der Waals surface area contributed by atoms with Crippen LogP contribution in [0.25, 0.3) is 0 Å². The smallest absolute Gasteiger partial charge is 0.257 e. The molecule has 1 aliphatic carbocycles. The van der Waals surface area contributed by atoms with E-state index in [1.165, 1.54) is 0 Å². The standard InChI is InChI=1S/C18H22BrF2N3O/c1-11(2)9-14(17(25)24-18(10-22)7-8-18)23-15(16(20)21)12-3-5-13(19)6-4-12/h3-6,11,14-16,23H,7-9H2,1-2H3,(H,24,25)/t14?,15-/m0/s1. The quantitative estimate of drug-likeness (QED) is 0.678. The predicted molar refractivity (Wildman–Crippen MR) is 95.0 cm³/mol. The molecule has 1 aromatic carbocycles. The normalized spacial score (nSPS) is 17.8. The summed E-state index contributed by atoms with van der Waals surface area (Å²) in [7, 11) is 0. The van der Waals surface area contributed by atoms with Gasteiger partial charge in [0.2, 0.25) is 5.91 Å². The number of nitrogens with one attached hydrogen (secondary N) is 2. The zero-order valence-corrected chi connectivity index (χ0v) is 15.8. The molecule has 7 heteroatoms. The molecule has 25 heavy (non-hydrogen) atoms. The fourth-order valence-corrected chi connectivity index (χ4v) is 2.90. The fraction of sp³-hybridized carbons (Fsp3) is 0.556. The molecule has 1 amide bonds. The molecule has 2 rings (SSSR count). The Morgan fingerprint density at radius 1 is 1.32 bits per heavy atom. The van der Waals surface area contributed by atoms with E-state index in [2.05, 4.69) is 32.6 Å². The summed E-state index contributed by atoms with van der Waals surface area (Å²) in [6.07, 6.45) is -1.04. The largest absolute Gasteiger partial charge is 0.336 e. The van der Waals surface area contributed by atoms with Crippen LogP contribution >= 0.6 is 15.9 Å². The lowest BCUT2D eigenvalue weighted by molar-refractivity contribution is -0.124. The monoisotopic (exact) mass is 413 g/mol. The summed E-state index contributed by atoms with van der Waals surface area (Å²) in [5, 5.41) is 14.7. The van der Waals surface area contributed by atoms with Gasteiger partial charge in [-0.2, -0.15) is 5.26 Å². The lowest BCUT2D eigenvalue weighted by Gasteiger charge is -2.27. The average Bonchev–Trinajstić information content (AvgIpc) is 3.32. The fourth-order valence-electron chi connectivity index (χ4n) is 2.64. The van der Waals surface area contributed by atoms with E-state index in [9.17, 15) is 13.6 Å². The molecule has 1 saturated carbocycles. The van der Waals surface area contributed by atoms with E-state index in [0.29, 0.717) is 24.8 Å². The molecule has 0 radical (unpaired) electrons. The van der Waals surface area contributed by atoms with Crippen molar-refractivity contribution >= 4 is 21.8 Å². The van der Waals surface area contributed by atoms with E-state index < -0.39 is 30.0 Å². The highest BCUT2D eigenvalue weighted by Gasteiger charge is 2.46. The number of benzene rings is 1. The Morgan fingerprint density at radius 3 is 2.36 bits per heavy atom. The van der Waals surface area contributed by atoms with Crippen molar-refractivity contribution in [2.45, 2.75) is 57.2 Å². The maximum Gasteiger partial charge on any atom is 0.257 e. The van der Waals surface area contributed by atoms with Crippen LogP contribution in [0.15, 0.2) is 28.7 Å². The maximum absolute atomic E-state index is 13.6. The van der Waals surface area contributed by atoms with Crippen molar-refractivity contribution in [3.8, 4) is 6.07 Å². The van der Waals surface area contributed by atoms with Crippen molar-refractivity contribution in [2.24, 2.45) is 5.92 Å². The molecule has 0 heterocycles. The van der Waals surface area contributed by atoms with Crippen LogP contribution in [0.3, 0.4) is 0 Å². The Kier molecular flexibility index (Phi) is 6.53. The molecule has 1 aliphatic rings. The van der Waals surface area contributed by atoms with Gasteiger partial charge < -0.3 is 5.32 Å². The Balaban J connectivity index is 2.16. The van der Waals surface area contributed by atoms with Crippen LogP contribution in [0.5, 0.6) is 0 Å². The zero-order valence-electron chi connectivity index (χ0n) is 14.2. The van der Waals surface area contributed by atoms with Crippen LogP contribution in [0.2, 0.25) is 0 Å². The average molecular weight is 414 g/mol. The Hall–Kier alpha value is -1.52. The molecular weight excluding hydrogens is 392 g/mol. The molecule has 2 N–H and O–H groups in total. The summed E-state index contributed by atoms with van der Waals surface area (Å²) >= 11 is 3.28. The van der Waals surface area contributed by atoms with Gasteiger partial charge in [0.05, 0.1) is 18.2 Å². The van der Waals surface area contributed by atoms with Crippen LogP contribution in [-0.2, 0) is 4.79 Å². The third-order valence-electron chi connectivity index (χ3n) is 4.21. The number of carbonyl (C=O) groups excluding carboxylic acids is 1. The van der Waals surface area contributed by atoms with Gasteiger partial charge >= 0.3 is 0 Å². The molecule has 0 spiro atoms. The first-order valence-electron chi connectivity index (χ1n) is 8.29. The van der Waals surface area contributed by atoms with E-state index in [0.717, 1.165) is 4.47 Å². The summed E-state index contributed by atoms with van der Waals surface area (Å²) in [6, 6.07) is 6.66. The van der Waals surface area contributed by atoms with Gasteiger partial charge in [0.25, 0.3) is 6.43 Å². The number of hydrogen-bond donors (Lipinski definition) is 2. The van der Waals surface area contributed by atoms with Gasteiger partial charge in [-0.15, -0.1) is 0 Å². The van der Waals surface area contributed by atoms with Crippen LogP contribution < -0.4 is 10.6 Å². The van der Waals surface area contributed by atoms with Gasteiger partial charge in [0.15, 0.2) is 0 Å². The van der Waals surface area contributed by atoms with E-state index in [-0.39, 0.29) is 5.92 Å². The summed E-state index contributed by atoms with van der Waals surface area (Å²) in [5.41, 5.74) is -0.396. The van der Waals surface area contributed by atoms with Gasteiger partial charge in [0, 0.05) is 4.47 Å². The number of rotatable bonds is 8. The van der Waals surface area contributed by atoms with Crippen LogP contribution in [-0.4, -0.2) is 23.9 Å². The number of carbonyl (C=O) groups is 1. The highest BCUT2D eigenvalue weighted by molar-refractivity contribution is 9.10. The number of halogens is 3. The highest BCUT2D eigenvalue weighted by Crippen LogP contribution is 2.34.